The van der Waals surface area contributed by atoms with Crippen LogP contribution in [-0.2, 0) is 29.1 Å². The van der Waals surface area contributed by atoms with Gasteiger partial charge in [0.25, 0.3) is 0 Å². The molecule has 0 fully saturated rings. The summed E-state index contributed by atoms with van der Waals surface area (Å²) in [7, 11) is 0. The average Bonchev–Trinajstić information content (AvgIpc) is 1.61. The van der Waals surface area contributed by atoms with Crippen LogP contribution in [-0.4, -0.2) is 11.8 Å². The smallest absolute Gasteiger partial charge is 0.217 e. The molecule has 4 nitrogen and oxygen atoms in total. The van der Waals surface area contributed by atoms with Crippen molar-refractivity contribution in [1.82, 2.24) is 0 Å². The minimum Gasteiger partial charge on any atom is -0.370 e. The Labute approximate surface area is 65.7 Å². The summed E-state index contributed by atoms with van der Waals surface area (Å²) >= 11 is 0. The van der Waals surface area contributed by atoms with E-state index in [1.54, 1.807) is 0 Å². The van der Waals surface area contributed by atoms with Crippen LogP contribution in [0.2, 0.25) is 0 Å². The van der Waals surface area contributed by atoms with E-state index in [9.17, 15) is 9.59 Å². The molecule has 0 spiro atoms. The summed E-state index contributed by atoms with van der Waals surface area (Å²) in [5, 5.41) is 0. The molecule has 4 N–H and O–H groups in total. The van der Waals surface area contributed by atoms with Crippen LogP contribution in [0.4, 0.5) is 0 Å². The van der Waals surface area contributed by atoms with Crippen LogP contribution in [0, 0.1) is 0 Å². The minimum atomic E-state index is -0.496. The Morgan fingerprint density at radius 2 is 1.22 bits per heavy atom. The first-order chi connectivity index (χ1) is 3.63. The number of rotatable bonds is 3. The predicted octanol–water partition coefficient (Wildman–Crippen LogP) is -1.27. The van der Waals surface area contributed by atoms with Gasteiger partial charge in [-0.1, -0.05) is 0 Å². The largest absolute Gasteiger partial charge is 0.370 e. The predicted molar refractivity (Wildman–Crippen MR) is 27.6 cm³/mol. The van der Waals surface area contributed by atoms with Crippen LogP contribution in [0.15, 0.2) is 0 Å². The third-order valence-corrected chi connectivity index (χ3v) is 0.618. The molecule has 0 radical (unpaired) electrons. The molecule has 0 aliphatic carbocycles. The van der Waals surface area contributed by atoms with Crippen molar-refractivity contribution < 1.29 is 29.1 Å². The summed E-state index contributed by atoms with van der Waals surface area (Å²) in [6.45, 7) is 0. The number of hydrogen-bond donors (Lipinski definition) is 2. The molecule has 5 heteroatoms. The van der Waals surface area contributed by atoms with Crippen molar-refractivity contribution in [3.63, 3.8) is 0 Å². The molecule has 0 aliphatic heterocycles. The summed E-state index contributed by atoms with van der Waals surface area (Å²) in [5.41, 5.74) is 9.39. The van der Waals surface area contributed by atoms with Gasteiger partial charge in [-0.2, -0.15) is 0 Å². The van der Waals surface area contributed by atoms with E-state index < -0.39 is 11.8 Å². The Morgan fingerprint density at radius 3 is 1.33 bits per heavy atom. The maximum Gasteiger partial charge on any atom is 0.217 e. The first kappa shape index (κ1) is 11.4. The van der Waals surface area contributed by atoms with Crippen molar-refractivity contribution in [3.05, 3.63) is 0 Å². The van der Waals surface area contributed by atoms with E-state index in [1.807, 2.05) is 0 Å². The molecule has 2 amide bonds. The second kappa shape index (κ2) is 5.70. The van der Waals surface area contributed by atoms with Gasteiger partial charge in [-0.05, 0) is 0 Å². The van der Waals surface area contributed by atoms with E-state index in [-0.39, 0.29) is 32.3 Å². The number of carbonyl (C=O) groups excluding carboxylic acids is 2. The van der Waals surface area contributed by atoms with Gasteiger partial charge in [-0.3, -0.25) is 9.59 Å². The number of amides is 2. The Bertz CT molecular complexity index is 101. The third kappa shape index (κ3) is 11.2. The SMILES string of the molecule is NC(=O)CCC(N)=O.[Ru]. The molecule has 0 heterocycles. The van der Waals surface area contributed by atoms with Crippen LogP contribution in [0.5, 0.6) is 0 Å². The van der Waals surface area contributed by atoms with E-state index in [2.05, 4.69) is 0 Å². The molecule has 0 aromatic rings. The van der Waals surface area contributed by atoms with E-state index in [0.717, 1.165) is 0 Å². The normalized spacial score (nSPS) is 7.56. The zero-order valence-corrected chi connectivity index (χ0v) is 6.48. The fourth-order valence-corrected chi connectivity index (χ4v) is 0.246. The first-order valence-electron chi connectivity index (χ1n) is 2.19. The van der Waals surface area contributed by atoms with Crippen LogP contribution < -0.4 is 11.5 Å². The van der Waals surface area contributed by atoms with Gasteiger partial charge in [0.05, 0.1) is 0 Å². The van der Waals surface area contributed by atoms with Gasteiger partial charge >= 0.3 is 0 Å². The summed E-state index contributed by atoms with van der Waals surface area (Å²) in [5.74, 6) is -0.993. The first-order valence-corrected chi connectivity index (χ1v) is 2.19. The summed E-state index contributed by atoms with van der Waals surface area (Å²) in [6.07, 6.45) is 0.102. The summed E-state index contributed by atoms with van der Waals surface area (Å²) in [6, 6.07) is 0. The van der Waals surface area contributed by atoms with Crippen LogP contribution in [0.25, 0.3) is 0 Å². The fourth-order valence-electron chi connectivity index (χ4n) is 0.246. The van der Waals surface area contributed by atoms with E-state index in [0.29, 0.717) is 0 Å². The molecule has 0 unspecified atom stereocenters. The Hall–Kier alpha value is -0.437. The van der Waals surface area contributed by atoms with Crippen LogP contribution in [0.1, 0.15) is 12.8 Å². The van der Waals surface area contributed by atoms with Gasteiger partial charge in [0.1, 0.15) is 0 Å². The molecular weight excluding hydrogens is 209 g/mol. The summed E-state index contributed by atoms with van der Waals surface area (Å²) < 4.78 is 0. The molecule has 0 atom stereocenters. The van der Waals surface area contributed by atoms with Crippen molar-refractivity contribution >= 4 is 11.8 Å². The molecule has 9 heavy (non-hydrogen) atoms. The maximum atomic E-state index is 9.92. The van der Waals surface area contributed by atoms with E-state index in [1.165, 1.54) is 0 Å². The molecule has 0 aromatic heterocycles. The van der Waals surface area contributed by atoms with Crippen molar-refractivity contribution in [3.8, 4) is 0 Å². The Kier molecular flexibility index (Phi) is 7.20. The maximum absolute atomic E-state index is 9.92. The molecule has 0 bridgehead atoms. The zero-order valence-electron chi connectivity index (χ0n) is 4.74. The quantitative estimate of drug-likeness (QED) is 0.578. The van der Waals surface area contributed by atoms with Gasteiger partial charge in [0, 0.05) is 32.3 Å². The monoisotopic (exact) mass is 218 g/mol. The Balaban J connectivity index is 0. The van der Waals surface area contributed by atoms with Gasteiger partial charge < -0.3 is 11.5 Å². The topological polar surface area (TPSA) is 86.2 Å². The number of primary amides is 2. The second-order valence-corrected chi connectivity index (χ2v) is 1.43. The van der Waals surface area contributed by atoms with Gasteiger partial charge in [0.15, 0.2) is 0 Å². The standard InChI is InChI=1S/C4H8N2O2.Ru/c5-3(7)1-2-4(6)8;/h1-2H2,(H2,5,7)(H2,6,8);. The second-order valence-electron chi connectivity index (χ2n) is 1.43. The third-order valence-electron chi connectivity index (χ3n) is 0.618. The van der Waals surface area contributed by atoms with Crippen molar-refractivity contribution in [2.45, 2.75) is 12.8 Å². The molecule has 54 valence electrons. The van der Waals surface area contributed by atoms with Gasteiger partial charge in [0.2, 0.25) is 11.8 Å². The molecular formula is C4H8N2O2Ru. The molecule has 0 saturated carbocycles. The van der Waals surface area contributed by atoms with E-state index in [4.69, 9.17) is 11.5 Å². The fraction of sp³-hybridized carbons (Fsp3) is 0.500. The Morgan fingerprint density at radius 1 is 1.00 bits per heavy atom. The van der Waals surface area contributed by atoms with Crippen molar-refractivity contribution in [1.29, 1.82) is 0 Å². The van der Waals surface area contributed by atoms with Crippen LogP contribution in [0.3, 0.4) is 0 Å². The summed E-state index contributed by atoms with van der Waals surface area (Å²) in [4.78, 5) is 19.8. The minimum absolute atomic E-state index is 0. The van der Waals surface area contributed by atoms with Crippen LogP contribution >= 0.6 is 0 Å². The zero-order chi connectivity index (χ0) is 6.57. The molecule has 0 rings (SSSR count). The molecule has 0 aromatic carbocycles. The van der Waals surface area contributed by atoms with Crippen molar-refractivity contribution in [2.75, 3.05) is 0 Å². The number of carbonyl (C=O) groups is 2. The molecule has 0 aliphatic rings. The van der Waals surface area contributed by atoms with Gasteiger partial charge in [-0.15, -0.1) is 0 Å². The van der Waals surface area contributed by atoms with E-state index >= 15 is 0 Å². The molecule has 0 saturated heterocycles. The van der Waals surface area contributed by atoms with Crippen molar-refractivity contribution in [2.24, 2.45) is 11.5 Å². The average molecular weight is 217 g/mol. The number of nitrogens with two attached hydrogens (primary N) is 2. The van der Waals surface area contributed by atoms with Gasteiger partial charge in [-0.25, -0.2) is 0 Å². The number of hydrogen-bond acceptors (Lipinski definition) is 2.